The second kappa shape index (κ2) is 9.47. The highest BCUT2D eigenvalue weighted by atomic mass is 35.5. The van der Waals surface area contributed by atoms with Crippen molar-refractivity contribution in [3.8, 4) is 11.8 Å². The number of carbonyl (C=O) groups is 1. The monoisotopic (exact) mass is 452 g/mol. The maximum absolute atomic E-state index is 12.4. The van der Waals surface area contributed by atoms with Crippen molar-refractivity contribution in [3.05, 3.63) is 94.5 Å². The molecule has 8 heteroatoms. The van der Waals surface area contributed by atoms with E-state index in [-0.39, 0.29) is 16.2 Å². The minimum absolute atomic E-state index is 0.0488. The Kier molecular flexibility index (Phi) is 6.75. The third kappa shape index (κ3) is 5.95. The highest BCUT2D eigenvalue weighted by molar-refractivity contribution is 7.87. The lowest BCUT2D eigenvalue weighted by atomic mass is 10.1. The predicted octanol–water partition coefficient (Wildman–Crippen LogP) is 4.96. The molecular formula is C23H17ClN2O4S. The van der Waals surface area contributed by atoms with Gasteiger partial charge in [-0.3, -0.25) is 4.79 Å². The third-order valence-electron chi connectivity index (χ3n) is 4.17. The van der Waals surface area contributed by atoms with E-state index in [9.17, 15) is 18.5 Å². The van der Waals surface area contributed by atoms with E-state index in [1.807, 2.05) is 13.0 Å². The Morgan fingerprint density at radius 2 is 1.61 bits per heavy atom. The van der Waals surface area contributed by atoms with Crippen LogP contribution in [-0.2, 0) is 14.9 Å². The maximum Gasteiger partial charge on any atom is 0.339 e. The molecular weight excluding hydrogens is 436 g/mol. The summed E-state index contributed by atoms with van der Waals surface area (Å²) in [4.78, 5) is 12.4. The molecule has 0 atom stereocenters. The zero-order valence-electron chi connectivity index (χ0n) is 16.4. The molecule has 0 radical (unpaired) electrons. The first-order valence-electron chi connectivity index (χ1n) is 9.07. The lowest BCUT2D eigenvalue weighted by molar-refractivity contribution is -0.112. The molecule has 0 saturated carbocycles. The van der Waals surface area contributed by atoms with Crippen molar-refractivity contribution in [1.29, 1.82) is 5.26 Å². The van der Waals surface area contributed by atoms with Crippen LogP contribution in [0.15, 0.2) is 83.3 Å². The highest BCUT2D eigenvalue weighted by Gasteiger charge is 2.16. The molecule has 3 aromatic carbocycles. The van der Waals surface area contributed by atoms with Crippen LogP contribution >= 0.6 is 11.6 Å². The van der Waals surface area contributed by atoms with Gasteiger partial charge in [0, 0.05) is 10.7 Å². The lowest BCUT2D eigenvalue weighted by Crippen LogP contribution is -2.13. The van der Waals surface area contributed by atoms with Crippen LogP contribution in [0.3, 0.4) is 0 Å². The number of benzene rings is 3. The van der Waals surface area contributed by atoms with Crippen molar-refractivity contribution in [2.24, 2.45) is 0 Å². The van der Waals surface area contributed by atoms with E-state index >= 15 is 0 Å². The fourth-order valence-electron chi connectivity index (χ4n) is 2.55. The van der Waals surface area contributed by atoms with E-state index in [2.05, 4.69) is 5.32 Å². The van der Waals surface area contributed by atoms with E-state index < -0.39 is 16.0 Å². The van der Waals surface area contributed by atoms with E-state index in [1.165, 1.54) is 30.3 Å². The van der Waals surface area contributed by atoms with Gasteiger partial charge in [0.15, 0.2) is 0 Å². The minimum Gasteiger partial charge on any atom is -0.379 e. The lowest BCUT2D eigenvalue weighted by Gasteiger charge is -2.08. The second-order valence-electron chi connectivity index (χ2n) is 6.55. The average Bonchev–Trinajstić information content (AvgIpc) is 2.75. The first kappa shape index (κ1) is 22.1. The summed E-state index contributed by atoms with van der Waals surface area (Å²) in [6.07, 6.45) is 1.39. The van der Waals surface area contributed by atoms with Gasteiger partial charge in [0.2, 0.25) is 0 Å². The molecule has 0 bridgehead atoms. The number of nitriles is 1. The molecule has 31 heavy (non-hydrogen) atoms. The summed E-state index contributed by atoms with van der Waals surface area (Å²) < 4.78 is 29.9. The number of carbonyl (C=O) groups excluding carboxylic acids is 1. The van der Waals surface area contributed by atoms with Crippen LogP contribution in [-0.4, -0.2) is 14.3 Å². The smallest absolute Gasteiger partial charge is 0.339 e. The number of hydrogen-bond donors (Lipinski definition) is 1. The van der Waals surface area contributed by atoms with E-state index in [0.717, 1.165) is 5.56 Å². The number of anilines is 1. The van der Waals surface area contributed by atoms with Crippen LogP contribution in [0.5, 0.6) is 5.75 Å². The molecule has 6 nitrogen and oxygen atoms in total. The molecule has 1 N–H and O–H groups in total. The molecule has 0 fully saturated rings. The fourth-order valence-corrected chi connectivity index (χ4v) is 3.60. The summed E-state index contributed by atoms with van der Waals surface area (Å²) in [6, 6.07) is 20.6. The molecule has 0 aliphatic rings. The van der Waals surface area contributed by atoms with Gasteiger partial charge in [0.25, 0.3) is 5.91 Å². The predicted molar refractivity (Wildman–Crippen MR) is 119 cm³/mol. The van der Waals surface area contributed by atoms with Crippen LogP contribution in [0.25, 0.3) is 6.08 Å². The summed E-state index contributed by atoms with van der Waals surface area (Å²) in [5, 5.41) is 12.5. The molecule has 3 aromatic rings. The first-order chi connectivity index (χ1) is 14.8. The SMILES string of the molecule is Cc1ccc(S(=O)(=O)Oc2ccc(/C=C(/C#N)C(=O)Nc3ccc(Cl)cc3)cc2)cc1. The summed E-state index contributed by atoms with van der Waals surface area (Å²) in [5.41, 5.74) is 1.85. The number of nitrogens with zero attached hydrogens (tertiary/aromatic N) is 1. The number of halogens is 1. The Balaban J connectivity index is 1.72. The zero-order valence-corrected chi connectivity index (χ0v) is 17.9. The van der Waals surface area contributed by atoms with Crippen molar-refractivity contribution in [1.82, 2.24) is 0 Å². The average molecular weight is 453 g/mol. The van der Waals surface area contributed by atoms with Gasteiger partial charge in [-0.25, -0.2) is 0 Å². The van der Waals surface area contributed by atoms with Gasteiger partial charge in [0.1, 0.15) is 22.3 Å². The van der Waals surface area contributed by atoms with Gasteiger partial charge in [-0.15, -0.1) is 0 Å². The van der Waals surface area contributed by atoms with Crippen molar-refractivity contribution >= 4 is 39.4 Å². The van der Waals surface area contributed by atoms with Gasteiger partial charge in [-0.05, 0) is 67.1 Å². The number of amides is 1. The standard InChI is InChI=1S/C23H17ClN2O4S/c1-16-2-12-22(13-3-16)31(28,29)30-21-10-4-17(5-11-21)14-18(15-25)23(27)26-20-8-6-19(24)7-9-20/h2-14H,1H3,(H,26,27)/b18-14-. The summed E-state index contributed by atoms with van der Waals surface area (Å²) in [5.74, 6) is -0.464. The number of nitrogens with one attached hydrogen (secondary N) is 1. The van der Waals surface area contributed by atoms with Crippen molar-refractivity contribution in [2.75, 3.05) is 5.32 Å². The first-order valence-corrected chi connectivity index (χ1v) is 10.9. The van der Waals surface area contributed by atoms with Crippen LogP contribution in [0, 0.1) is 18.3 Å². The molecule has 156 valence electrons. The van der Waals surface area contributed by atoms with Crippen molar-refractivity contribution in [3.63, 3.8) is 0 Å². The molecule has 1 amide bonds. The summed E-state index contributed by atoms with van der Waals surface area (Å²) in [6.45, 7) is 1.86. The van der Waals surface area contributed by atoms with Crippen LogP contribution in [0.4, 0.5) is 5.69 Å². The van der Waals surface area contributed by atoms with Gasteiger partial charge in [-0.1, -0.05) is 41.4 Å². The van der Waals surface area contributed by atoms with Crippen molar-refractivity contribution in [2.45, 2.75) is 11.8 Å². The molecule has 3 rings (SSSR count). The summed E-state index contributed by atoms with van der Waals surface area (Å²) >= 11 is 5.81. The number of aryl methyl sites for hydroxylation is 1. The summed E-state index contributed by atoms with van der Waals surface area (Å²) in [7, 11) is -3.96. The van der Waals surface area contributed by atoms with Gasteiger partial charge >= 0.3 is 10.1 Å². The quantitative estimate of drug-likeness (QED) is 0.324. The number of hydrogen-bond acceptors (Lipinski definition) is 5. The topological polar surface area (TPSA) is 96.3 Å². The molecule has 0 aliphatic carbocycles. The van der Waals surface area contributed by atoms with Crippen LogP contribution < -0.4 is 9.50 Å². The van der Waals surface area contributed by atoms with Crippen LogP contribution in [0.1, 0.15) is 11.1 Å². The Hall–Kier alpha value is -3.60. The molecule has 0 heterocycles. The van der Waals surface area contributed by atoms with Crippen LogP contribution in [0.2, 0.25) is 5.02 Å². The number of rotatable bonds is 6. The van der Waals surface area contributed by atoms with Gasteiger partial charge < -0.3 is 9.50 Å². The third-order valence-corrected chi connectivity index (χ3v) is 5.69. The second-order valence-corrected chi connectivity index (χ2v) is 8.53. The Bertz CT molecular complexity index is 1260. The Morgan fingerprint density at radius 3 is 2.19 bits per heavy atom. The van der Waals surface area contributed by atoms with E-state index in [4.69, 9.17) is 15.8 Å². The fraction of sp³-hybridized carbons (Fsp3) is 0.0435. The Morgan fingerprint density at radius 1 is 1.00 bits per heavy atom. The highest BCUT2D eigenvalue weighted by Crippen LogP contribution is 2.21. The largest absolute Gasteiger partial charge is 0.379 e. The molecule has 0 unspecified atom stereocenters. The van der Waals surface area contributed by atoms with Gasteiger partial charge in [0.05, 0.1) is 0 Å². The molecule has 0 saturated heterocycles. The van der Waals surface area contributed by atoms with E-state index in [0.29, 0.717) is 16.3 Å². The zero-order chi connectivity index (χ0) is 22.4. The molecule has 0 aliphatic heterocycles. The normalized spacial score (nSPS) is 11.5. The van der Waals surface area contributed by atoms with Crippen molar-refractivity contribution < 1.29 is 17.4 Å². The maximum atomic E-state index is 12.4. The van der Waals surface area contributed by atoms with Gasteiger partial charge in [-0.2, -0.15) is 13.7 Å². The minimum atomic E-state index is -3.96. The van der Waals surface area contributed by atoms with E-state index in [1.54, 1.807) is 48.5 Å². The Labute approximate surface area is 185 Å². The molecule has 0 spiro atoms. The molecule has 0 aromatic heterocycles.